The number of benzene rings is 2. The zero-order chi connectivity index (χ0) is 22.2. The summed E-state index contributed by atoms with van der Waals surface area (Å²) in [6.07, 6.45) is 6.82. The average Bonchev–Trinajstić information content (AvgIpc) is 2.78. The van der Waals surface area contributed by atoms with Crippen molar-refractivity contribution in [3.8, 4) is 5.75 Å². The summed E-state index contributed by atoms with van der Waals surface area (Å²) in [5.74, 6) is -1.68. The van der Waals surface area contributed by atoms with Gasteiger partial charge in [0.15, 0.2) is 11.6 Å². The maximum Gasteiger partial charge on any atom is 0.200 e. The summed E-state index contributed by atoms with van der Waals surface area (Å²) < 4.78 is 54.1. The molecule has 5 heteroatoms. The Balaban J connectivity index is 1.49. The molecule has 1 aliphatic heterocycles. The minimum Gasteiger partial charge on any atom is -0.490 e. The molecule has 3 rings (SSSR count). The van der Waals surface area contributed by atoms with E-state index in [1.807, 2.05) is 6.07 Å². The lowest BCUT2D eigenvalue weighted by atomic mass is 9.90. The zero-order valence-corrected chi connectivity index (χ0v) is 18.6. The van der Waals surface area contributed by atoms with E-state index in [-0.39, 0.29) is 17.1 Å². The number of ether oxygens (including phenoxy) is 2. The third-order valence-electron chi connectivity index (χ3n) is 6.13. The molecule has 1 fully saturated rings. The van der Waals surface area contributed by atoms with Crippen molar-refractivity contribution in [3.63, 3.8) is 0 Å². The molecular weight excluding hydrogens is 401 g/mol. The summed E-state index contributed by atoms with van der Waals surface area (Å²) in [6, 6.07) is 8.44. The van der Waals surface area contributed by atoms with Gasteiger partial charge in [0.25, 0.3) is 0 Å². The topological polar surface area (TPSA) is 18.5 Å². The first-order valence-corrected chi connectivity index (χ1v) is 11.5. The molecule has 170 valence electrons. The van der Waals surface area contributed by atoms with E-state index in [0.717, 1.165) is 50.5 Å². The van der Waals surface area contributed by atoms with E-state index in [1.165, 1.54) is 6.07 Å². The highest BCUT2D eigenvalue weighted by Gasteiger charge is 2.27. The normalized spacial score (nSPS) is 18.9. The van der Waals surface area contributed by atoms with Crippen molar-refractivity contribution in [3.05, 3.63) is 64.5 Å². The summed E-state index contributed by atoms with van der Waals surface area (Å²) in [5.41, 5.74) is 1.88. The Morgan fingerprint density at radius 1 is 1.00 bits per heavy atom. The lowest BCUT2D eigenvalue weighted by Crippen LogP contribution is -2.22. The van der Waals surface area contributed by atoms with Crippen molar-refractivity contribution in [1.29, 1.82) is 0 Å². The Labute approximate surface area is 183 Å². The second kappa shape index (κ2) is 11.6. The molecule has 1 saturated heterocycles. The Hall–Kier alpha value is -2.01. The van der Waals surface area contributed by atoms with Crippen molar-refractivity contribution >= 4 is 0 Å². The van der Waals surface area contributed by atoms with Crippen LogP contribution >= 0.6 is 0 Å². The van der Waals surface area contributed by atoms with Gasteiger partial charge in [-0.25, -0.2) is 8.78 Å². The molecule has 2 aromatic carbocycles. The maximum atomic E-state index is 14.6. The van der Waals surface area contributed by atoms with Crippen LogP contribution in [0.25, 0.3) is 0 Å². The van der Waals surface area contributed by atoms with Gasteiger partial charge in [0.2, 0.25) is 5.82 Å². The van der Waals surface area contributed by atoms with Crippen molar-refractivity contribution in [2.45, 2.75) is 71.3 Å². The second-order valence-corrected chi connectivity index (χ2v) is 8.58. The quantitative estimate of drug-likeness (QED) is 0.361. The third-order valence-corrected chi connectivity index (χ3v) is 6.13. The molecular formula is C26H33F3O2. The molecule has 31 heavy (non-hydrogen) atoms. The van der Waals surface area contributed by atoms with Gasteiger partial charge in [-0.15, -0.1) is 0 Å². The van der Waals surface area contributed by atoms with Crippen LogP contribution in [0.5, 0.6) is 5.75 Å². The summed E-state index contributed by atoms with van der Waals surface area (Å²) in [4.78, 5) is 0. The number of halogens is 3. The van der Waals surface area contributed by atoms with Crippen LogP contribution in [0.3, 0.4) is 0 Å². The maximum absolute atomic E-state index is 14.6. The standard InChI is InChI=1S/C26H33F3O2/c1-3-4-5-6-15-30-24-14-12-21(25(28)26(24)29)23-13-11-20(17-31-23)10-9-19-8-7-18(2)22(27)16-19/h7-8,12,14,16,20,23H,3-6,9-11,13,15,17H2,1-2H3. The van der Waals surface area contributed by atoms with E-state index < -0.39 is 17.7 Å². The monoisotopic (exact) mass is 434 g/mol. The fraction of sp³-hybridized carbons (Fsp3) is 0.538. The Kier molecular flexibility index (Phi) is 8.82. The van der Waals surface area contributed by atoms with Gasteiger partial charge in [0, 0.05) is 5.56 Å². The van der Waals surface area contributed by atoms with E-state index >= 15 is 0 Å². The predicted molar refractivity (Wildman–Crippen MR) is 117 cm³/mol. The zero-order valence-electron chi connectivity index (χ0n) is 18.6. The van der Waals surface area contributed by atoms with Crippen LogP contribution in [0.15, 0.2) is 30.3 Å². The van der Waals surface area contributed by atoms with Crippen LogP contribution in [-0.4, -0.2) is 13.2 Å². The van der Waals surface area contributed by atoms with Crippen LogP contribution in [0.2, 0.25) is 0 Å². The van der Waals surface area contributed by atoms with E-state index in [9.17, 15) is 13.2 Å². The second-order valence-electron chi connectivity index (χ2n) is 8.58. The lowest BCUT2D eigenvalue weighted by Gasteiger charge is -2.29. The molecule has 0 N–H and O–H groups in total. The first-order valence-electron chi connectivity index (χ1n) is 11.5. The number of hydrogen-bond donors (Lipinski definition) is 0. The molecule has 0 saturated carbocycles. The van der Waals surface area contributed by atoms with Gasteiger partial charge < -0.3 is 9.47 Å². The third kappa shape index (κ3) is 6.49. The smallest absolute Gasteiger partial charge is 0.200 e. The molecule has 0 bridgehead atoms. The van der Waals surface area contributed by atoms with Crippen LogP contribution in [0.4, 0.5) is 13.2 Å². The number of aryl methyl sites for hydroxylation is 2. The molecule has 0 aromatic heterocycles. The van der Waals surface area contributed by atoms with Crippen LogP contribution < -0.4 is 4.74 Å². The largest absolute Gasteiger partial charge is 0.490 e. The van der Waals surface area contributed by atoms with E-state index in [2.05, 4.69) is 6.92 Å². The molecule has 1 aliphatic rings. The molecule has 1 heterocycles. The predicted octanol–water partition coefficient (Wildman–Crippen LogP) is 7.47. The molecule has 2 atom stereocenters. The number of unbranched alkanes of at least 4 members (excludes halogenated alkanes) is 3. The van der Waals surface area contributed by atoms with Gasteiger partial charge in [0.1, 0.15) is 5.82 Å². The molecule has 2 unspecified atom stereocenters. The van der Waals surface area contributed by atoms with Crippen molar-refractivity contribution in [1.82, 2.24) is 0 Å². The average molecular weight is 435 g/mol. The SMILES string of the molecule is CCCCCCOc1ccc(C2CCC(CCc3ccc(C)c(F)c3)CO2)c(F)c1F. The summed E-state index contributed by atoms with van der Waals surface area (Å²) in [5, 5.41) is 0. The van der Waals surface area contributed by atoms with Gasteiger partial charge in [-0.3, -0.25) is 0 Å². The van der Waals surface area contributed by atoms with Crippen molar-refractivity contribution < 1.29 is 22.6 Å². The van der Waals surface area contributed by atoms with E-state index in [4.69, 9.17) is 9.47 Å². The minimum atomic E-state index is -0.930. The fourth-order valence-corrected chi connectivity index (χ4v) is 4.06. The Bertz CT molecular complexity index is 845. The number of hydrogen-bond acceptors (Lipinski definition) is 2. The minimum absolute atomic E-state index is 0.0308. The van der Waals surface area contributed by atoms with Gasteiger partial charge in [-0.05, 0) is 74.3 Å². The molecule has 2 nitrogen and oxygen atoms in total. The van der Waals surface area contributed by atoms with E-state index in [1.54, 1.807) is 25.1 Å². The van der Waals surface area contributed by atoms with Crippen LogP contribution in [-0.2, 0) is 11.2 Å². The highest BCUT2D eigenvalue weighted by Crippen LogP contribution is 2.36. The van der Waals surface area contributed by atoms with Gasteiger partial charge in [0.05, 0.1) is 19.3 Å². The fourth-order valence-electron chi connectivity index (χ4n) is 4.06. The van der Waals surface area contributed by atoms with Gasteiger partial charge >= 0.3 is 0 Å². The summed E-state index contributed by atoms with van der Waals surface area (Å²) in [6.45, 7) is 4.76. The molecule has 0 aliphatic carbocycles. The van der Waals surface area contributed by atoms with Crippen molar-refractivity contribution in [2.75, 3.05) is 13.2 Å². The molecule has 0 spiro atoms. The summed E-state index contributed by atoms with van der Waals surface area (Å²) >= 11 is 0. The first kappa shape index (κ1) is 23.6. The Morgan fingerprint density at radius 2 is 1.84 bits per heavy atom. The van der Waals surface area contributed by atoms with E-state index in [0.29, 0.717) is 31.1 Å². The van der Waals surface area contributed by atoms with Gasteiger partial charge in [-0.2, -0.15) is 4.39 Å². The van der Waals surface area contributed by atoms with Gasteiger partial charge in [-0.1, -0.05) is 38.3 Å². The Morgan fingerprint density at radius 3 is 2.55 bits per heavy atom. The number of rotatable bonds is 10. The lowest BCUT2D eigenvalue weighted by molar-refractivity contribution is -0.0212. The molecule has 2 aromatic rings. The highest BCUT2D eigenvalue weighted by molar-refractivity contribution is 5.32. The van der Waals surface area contributed by atoms with Crippen LogP contribution in [0.1, 0.15) is 74.7 Å². The van der Waals surface area contributed by atoms with Crippen LogP contribution in [0, 0.1) is 30.3 Å². The highest BCUT2D eigenvalue weighted by atomic mass is 19.2. The molecule has 0 amide bonds. The summed E-state index contributed by atoms with van der Waals surface area (Å²) in [7, 11) is 0. The molecule has 0 radical (unpaired) electrons. The van der Waals surface area contributed by atoms with Crippen molar-refractivity contribution in [2.24, 2.45) is 5.92 Å². The first-order chi connectivity index (χ1) is 15.0.